The minimum atomic E-state index is 0.0990. The molecule has 0 saturated carbocycles. The van der Waals surface area contributed by atoms with Gasteiger partial charge in [0.1, 0.15) is 22.8 Å². The zero-order valence-electron chi connectivity index (χ0n) is 14.7. The molecule has 3 aromatic carbocycles. The third-order valence-corrected chi connectivity index (χ3v) is 4.73. The summed E-state index contributed by atoms with van der Waals surface area (Å²) >= 11 is 18.3. The van der Waals surface area contributed by atoms with Crippen molar-refractivity contribution >= 4 is 45.9 Å². The van der Waals surface area contributed by atoms with Gasteiger partial charge in [-0.2, -0.15) is 5.26 Å². The predicted molar refractivity (Wildman–Crippen MR) is 111 cm³/mol. The Bertz CT molecular complexity index is 1250. The Morgan fingerprint density at radius 3 is 2.62 bits per heavy atom. The number of hydrogen-bond donors (Lipinski definition) is 0. The molecule has 1 heterocycles. The summed E-state index contributed by atoms with van der Waals surface area (Å²) in [5.41, 5.74) is 1.55. The van der Waals surface area contributed by atoms with Crippen molar-refractivity contribution in [2.45, 2.75) is 6.61 Å². The lowest BCUT2D eigenvalue weighted by molar-refractivity contribution is 0.266. The molecule has 0 saturated heterocycles. The number of aromatic nitrogens is 1. The Labute approximate surface area is 181 Å². The summed E-state index contributed by atoms with van der Waals surface area (Å²) in [7, 11) is 0. The lowest BCUT2D eigenvalue weighted by atomic mass is 10.2. The van der Waals surface area contributed by atoms with E-state index in [4.69, 9.17) is 54.0 Å². The monoisotopic (exact) mass is 444 g/mol. The molecule has 5 nitrogen and oxygen atoms in total. The van der Waals surface area contributed by atoms with Crippen LogP contribution in [0.25, 0.3) is 11.1 Å². The number of rotatable bonds is 5. The van der Waals surface area contributed by atoms with Gasteiger partial charge < -0.3 is 13.9 Å². The molecule has 0 N–H and O–H groups in total. The molecule has 8 heteroatoms. The lowest BCUT2D eigenvalue weighted by Gasteiger charge is -2.11. The standard InChI is InChI=1S/C21H11Cl3N2O3/c22-13-6-12(10-25)7-15(8-13)28-19-9-14(4-5-16(19)23)27-11-20-26-18-3-1-2-17(24)21(18)29-20/h1-9H,11H2. The second kappa shape index (κ2) is 8.22. The summed E-state index contributed by atoms with van der Waals surface area (Å²) < 4.78 is 17.2. The van der Waals surface area contributed by atoms with E-state index in [0.29, 0.717) is 54.9 Å². The maximum Gasteiger partial charge on any atom is 0.233 e. The van der Waals surface area contributed by atoms with Crippen LogP contribution in [0.3, 0.4) is 0 Å². The zero-order chi connectivity index (χ0) is 20.4. The highest BCUT2D eigenvalue weighted by atomic mass is 35.5. The molecule has 1 aromatic heterocycles. The van der Waals surface area contributed by atoms with Gasteiger partial charge in [0.05, 0.1) is 21.7 Å². The molecule has 29 heavy (non-hydrogen) atoms. The summed E-state index contributed by atoms with van der Waals surface area (Å²) in [6.45, 7) is 0.0990. The minimum absolute atomic E-state index is 0.0990. The first-order valence-electron chi connectivity index (χ1n) is 8.36. The molecule has 0 spiro atoms. The molecule has 0 amide bonds. The van der Waals surface area contributed by atoms with E-state index in [2.05, 4.69) is 4.98 Å². The van der Waals surface area contributed by atoms with Crippen LogP contribution in [-0.2, 0) is 6.61 Å². The maximum absolute atomic E-state index is 9.07. The molecule has 0 bridgehead atoms. The lowest BCUT2D eigenvalue weighted by Crippen LogP contribution is -1.96. The van der Waals surface area contributed by atoms with Crippen molar-refractivity contribution in [3.63, 3.8) is 0 Å². The van der Waals surface area contributed by atoms with E-state index in [1.165, 1.54) is 0 Å². The highest BCUT2D eigenvalue weighted by Gasteiger charge is 2.11. The van der Waals surface area contributed by atoms with Crippen molar-refractivity contribution in [2.24, 2.45) is 0 Å². The van der Waals surface area contributed by atoms with E-state index in [-0.39, 0.29) is 6.61 Å². The predicted octanol–water partition coefficient (Wildman–Crippen LogP) is 7.03. The number of ether oxygens (including phenoxy) is 2. The first-order valence-corrected chi connectivity index (χ1v) is 9.50. The first-order chi connectivity index (χ1) is 14.0. The molecule has 0 unspecified atom stereocenters. The molecule has 0 fully saturated rings. The van der Waals surface area contributed by atoms with Crippen LogP contribution >= 0.6 is 34.8 Å². The molecule has 0 aliphatic carbocycles. The van der Waals surface area contributed by atoms with Gasteiger partial charge in [0.25, 0.3) is 0 Å². The molecule has 0 radical (unpaired) electrons. The Kier molecular flexibility index (Phi) is 5.50. The number of nitriles is 1. The zero-order valence-corrected chi connectivity index (χ0v) is 16.9. The molecule has 0 aliphatic heterocycles. The number of nitrogens with zero attached hydrogens (tertiary/aromatic N) is 2. The topological polar surface area (TPSA) is 68.3 Å². The van der Waals surface area contributed by atoms with Crippen LogP contribution in [0.15, 0.2) is 59.0 Å². The van der Waals surface area contributed by atoms with Crippen LogP contribution in [0.5, 0.6) is 17.2 Å². The number of halogens is 3. The van der Waals surface area contributed by atoms with Gasteiger partial charge in [0, 0.05) is 11.1 Å². The van der Waals surface area contributed by atoms with E-state index in [0.717, 1.165) is 0 Å². The quantitative estimate of drug-likeness (QED) is 0.330. The number of oxazole rings is 1. The van der Waals surface area contributed by atoms with Crippen molar-refractivity contribution in [1.29, 1.82) is 5.26 Å². The van der Waals surface area contributed by atoms with E-state index < -0.39 is 0 Å². The van der Waals surface area contributed by atoms with Gasteiger partial charge >= 0.3 is 0 Å². The third-order valence-electron chi connectivity index (χ3n) is 3.90. The maximum atomic E-state index is 9.07. The van der Waals surface area contributed by atoms with Crippen LogP contribution < -0.4 is 9.47 Å². The number of fused-ring (bicyclic) bond motifs is 1. The van der Waals surface area contributed by atoms with E-state index in [9.17, 15) is 0 Å². The van der Waals surface area contributed by atoms with Crippen LogP contribution in [0.1, 0.15) is 11.5 Å². The van der Waals surface area contributed by atoms with Gasteiger partial charge in [0.2, 0.25) is 5.89 Å². The molecule has 4 aromatic rings. The second-order valence-corrected chi connectivity index (χ2v) is 7.22. The molecule has 144 valence electrons. The third kappa shape index (κ3) is 4.41. The highest BCUT2D eigenvalue weighted by Crippen LogP contribution is 2.34. The van der Waals surface area contributed by atoms with Crippen molar-refractivity contribution in [1.82, 2.24) is 4.98 Å². The molecule has 4 rings (SSSR count). The largest absolute Gasteiger partial charge is 0.484 e. The van der Waals surface area contributed by atoms with E-state index in [1.807, 2.05) is 12.1 Å². The van der Waals surface area contributed by atoms with Crippen LogP contribution in [0, 0.1) is 11.3 Å². The summed E-state index contributed by atoms with van der Waals surface area (Å²) in [6, 6.07) is 17.0. The summed E-state index contributed by atoms with van der Waals surface area (Å²) in [6.07, 6.45) is 0. The fourth-order valence-corrected chi connectivity index (χ4v) is 3.22. The van der Waals surface area contributed by atoms with Gasteiger partial charge in [-0.1, -0.05) is 40.9 Å². The second-order valence-electron chi connectivity index (χ2n) is 5.97. The van der Waals surface area contributed by atoms with Crippen molar-refractivity contribution in [3.8, 4) is 23.3 Å². The Morgan fingerprint density at radius 2 is 1.83 bits per heavy atom. The Hall–Kier alpha value is -2.91. The highest BCUT2D eigenvalue weighted by molar-refractivity contribution is 6.34. The van der Waals surface area contributed by atoms with Gasteiger partial charge in [-0.15, -0.1) is 0 Å². The average Bonchev–Trinajstić information content (AvgIpc) is 3.13. The molecular weight excluding hydrogens is 435 g/mol. The fraction of sp³-hybridized carbons (Fsp3) is 0.0476. The fourth-order valence-electron chi connectivity index (χ4n) is 2.63. The summed E-state index contributed by atoms with van der Waals surface area (Å²) in [4.78, 5) is 4.35. The SMILES string of the molecule is N#Cc1cc(Cl)cc(Oc2cc(OCc3nc4cccc(Cl)c4o3)ccc2Cl)c1. The Morgan fingerprint density at radius 1 is 0.966 bits per heavy atom. The Balaban J connectivity index is 1.53. The van der Waals surface area contributed by atoms with E-state index >= 15 is 0 Å². The summed E-state index contributed by atoms with van der Waals surface area (Å²) in [5.74, 6) is 1.64. The van der Waals surface area contributed by atoms with Crippen molar-refractivity contribution < 1.29 is 13.9 Å². The molecule has 0 atom stereocenters. The van der Waals surface area contributed by atoms with Gasteiger partial charge in [-0.3, -0.25) is 0 Å². The van der Waals surface area contributed by atoms with Gasteiger partial charge in [-0.05, 0) is 42.5 Å². The van der Waals surface area contributed by atoms with Gasteiger partial charge in [0.15, 0.2) is 12.2 Å². The van der Waals surface area contributed by atoms with Crippen LogP contribution in [-0.4, -0.2) is 4.98 Å². The van der Waals surface area contributed by atoms with Crippen LogP contribution in [0.2, 0.25) is 15.1 Å². The first kappa shape index (κ1) is 19.4. The normalized spacial score (nSPS) is 10.7. The number of benzene rings is 3. The number of para-hydroxylation sites is 1. The summed E-state index contributed by atoms with van der Waals surface area (Å²) in [5, 5.41) is 10.3. The van der Waals surface area contributed by atoms with E-state index in [1.54, 1.807) is 48.5 Å². The van der Waals surface area contributed by atoms with Crippen LogP contribution in [0.4, 0.5) is 0 Å². The molecular formula is C21H11Cl3N2O3. The van der Waals surface area contributed by atoms with Crippen molar-refractivity contribution in [2.75, 3.05) is 0 Å². The average molecular weight is 446 g/mol. The molecule has 0 aliphatic rings. The number of hydrogen-bond acceptors (Lipinski definition) is 5. The minimum Gasteiger partial charge on any atom is -0.484 e. The smallest absolute Gasteiger partial charge is 0.233 e. The van der Waals surface area contributed by atoms with Crippen molar-refractivity contribution in [3.05, 3.63) is 81.1 Å². The van der Waals surface area contributed by atoms with Gasteiger partial charge in [-0.25, -0.2) is 4.98 Å².